The number of hydrogen-bond donors (Lipinski definition) is 1. The van der Waals surface area contributed by atoms with Gasteiger partial charge in [-0.3, -0.25) is 0 Å². The van der Waals surface area contributed by atoms with E-state index in [2.05, 4.69) is 16.2 Å². The first-order chi connectivity index (χ1) is 11.8. The molecule has 2 N–H and O–H groups in total. The number of imidazole rings is 1. The Labute approximate surface area is 138 Å². The number of benzene rings is 2. The van der Waals surface area contributed by atoms with Gasteiger partial charge >= 0.3 is 0 Å². The highest BCUT2D eigenvalue weighted by Crippen LogP contribution is 2.29. The zero-order valence-electron chi connectivity index (χ0n) is 12.7. The lowest BCUT2D eigenvalue weighted by Gasteiger charge is -2.06. The van der Waals surface area contributed by atoms with Crippen molar-refractivity contribution in [2.75, 3.05) is 5.73 Å². The van der Waals surface area contributed by atoms with E-state index in [1.54, 1.807) is 10.6 Å². The highest BCUT2D eigenvalue weighted by molar-refractivity contribution is 5.82. The molecular formula is C19H13N5. The molecule has 0 spiro atoms. The van der Waals surface area contributed by atoms with Crippen molar-refractivity contribution in [2.24, 2.45) is 0 Å². The van der Waals surface area contributed by atoms with Crippen LogP contribution in [0.5, 0.6) is 0 Å². The van der Waals surface area contributed by atoms with Gasteiger partial charge in [-0.05, 0) is 6.07 Å². The summed E-state index contributed by atoms with van der Waals surface area (Å²) in [7, 11) is 0. The largest absolute Gasteiger partial charge is 0.368 e. The second-order valence-corrected chi connectivity index (χ2v) is 5.37. The van der Waals surface area contributed by atoms with Crippen molar-refractivity contribution in [3.8, 4) is 28.6 Å². The third-order valence-electron chi connectivity index (χ3n) is 3.87. The number of nitrogens with zero attached hydrogens (tertiary/aromatic N) is 4. The van der Waals surface area contributed by atoms with Crippen LogP contribution in [-0.2, 0) is 0 Å². The molecular weight excluding hydrogens is 298 g/mol. The van der Waals surface area contributed by atoms with Crippen LogP contribution in [0.1, 0.15) is 5.56 Å². The average Bonchev–Trinajstić information content (AvgIpc) is 2.98. The van der Waals surface area contributed by atoms with E-state index in [4.69, 9.17) is 5.73 Å². The number of hydrogen-bond acceptors (Lipinski definition) is 4. The van der Waals surface area contributed by atoms with Crippen LogP contribution >= 0.6 is 0 Å². The lowest BCUT2D eigenvalue weighted by molar-refractivity contribution is 0.943. The number of nitriles is 1. The highest BCUT2D eigenvalue weighted by Gasteiger charge is 2.16. The van der Waals surface area contributed by atoms with Gasteiger partial charge in [-0.2, -0.15) is 14.9 Å². The fourth-order valence-electron chi connectivity index (χ4n) is 2.74. The van der Waals surface area contributed by atoms with Crippen LogP contribution in [0.15, 0.2) is 66.7 Å². The Morgan fingerprint density at radius 1 is 0.875 bits per heavy atom. The number of anilines is 1. The van der Waals surface area contributed by atoms with E-state index < -0.39 is 0 Å². The van der Waals surface area contributed by atoms with Gasteiger partial charge in [0.15, 0.2) is 0 Å². The molecule has 2 aromatic carbocycles. The quantitative estimate of drug-likeness (QED) is 0.614. The van der Waals surface area contributed by atoms with Gasteiger partial charge in [-0.25, -0.2) is 4.98 Å². The van der Waals surface area contributed by atoms with Crippen LogP contribution in [0, 0.1) is 11.3 Å². The van der Waals surface area contributed by atoms with Crippen LogP contribution in [-0.4, -0.2) is 14.6 Å². The molecule has 24 heavy (non-hydrogen) atoms. The third kappa shape index (κ3) is 2.18. The summed E-state index contributed by atoms with van der Waals surface area (Å²) in [5.74, 6) is 0.297. The van der Waals surface area contributed by atoms with Gasteiger partial charge < -0.3 is 5.73 Å². The van der Waals surface area contributed by atoms with Crippen LogP contribution in [0.3, 0.4) is 0 Å². The van der Waals surface area contributed by atoms with Crippen molar-refractivity contribution in [3.05, 3.63) is 72.3 Å². The van der Waals surface area contributed by atoms with Crippen molar-refractivity contribution in [2.45, 2.75) is 0 Å². The summed E-state index contributed by atoms with van der Waals surface area (Å²) in [5, 5.41) is 14.1. The first-order valence-electron chi connectivity index (χ1n) is 7.48. The van der Waals surface area contributed by atoms with Crippen molar-refractivity contribution in [1.82, 2.24) is 14.6 Å². The summed E-state index contributed by atoms with van der Waals surface area (Å²) < 4.78 is 1.59. The van der Waals surface area contributed by atoms with Gasteiger partial charge in [0.2, 0.25) is 5.95 Å². The van der Waals surface area contributed by atoms with Gasteiger partial charge in [-0.1, -0.05) is 60.7 Å². The summed E-state index contributed by atoms with van der Waals surface area (Å²) >= 11 is 0. The topological polar surface area (TPSA) is 80.0 Å². The predicted octanol–water partition coefficient (Wildman–Crippen LogP) is 3.52. The second-order valence-electron chi connectivity index (χ2n) is 5.37. The maximum Gasteiger partial charge on any atom is 0.222 e. The lowest BCUT2D eigenvalue weighted by Crippen LogP contribution is -2.01. The summed E-state index contributed by atoms with van der Waals surface area (Å²) in [6.45, 7) is 0. The van der Waals surface area contributed by atoms with Crippen molar-refractivity contribution < 1.29 is 0 Å². The van der Waals surface area contributed by atoms with Crippen LogP contribution in [0.4, 0.5) is 5.95 Å². The molecule has 4 aromatic rings. The van der Waals surface area contributed by atoms with E-state index in [1.807, 2.05) is 60.7 Å². The Morgan fingerprint density at radius 2 is 1.46 bits per heavy atom. The molecule has 0 unspecified atom stereocenters. The Morgan fingerprint density at radius 3 is 2.04 bits per heavy atom. The number of nitrogens with two attached hydrogens (primary N) is 1. The summed E-state index contributed by atoms with van der Waals surface area (Å²) in [6, 6.07) is 23.3. The fraction of sp³-hybridized carbons (Fsp3) is 0. The molecule has 2 aromatic heterocycles. The third-order valence-corrected chi connectivity index (χ3v) is 3.87. The molecule has 2 heterocycles. The number of aromatic nitrogens is 3. The Balaban J connectivity index is 2.01. The molecule has 4 rings (SSSR count). The highest BCUT2D eigenvalue weighted by atomic mass is 15.3. The SMILES string of the molecule is N#Cc1cc2c(-c3ccccc3)nc(N)n2nc1-c1ccccc1. The van der Waals surface area contributed by atoms with Gasteiger partial charge in [0.25, 0.3) is 0 Å². The minimum absolute atomic E-state index is 0.297. The van der Waals surface area contributed by atoms with Crippen molar-refractivity contribution >= 4 is 11.5 Å². The summed E-state index contributed by atoms with van der Waals surface area (Å²) in [6.07, 6.45) is 0. The molecule has 0 aliphatic carbocycles. The molecule has 0 aliphatic heterocycles. The maximum absolute atomic E-state index is 9.56. The maximum atomic E-state index is 9.56. The minimum Gasteiger partial charge on any atom is -0.368 e. The molecule has 0 bridgehead atoms. The van der Waals surface area contributed by atoms with E-state index in [-0.39, 0.29) is 0 Å². The normalized spacial score (nSPS) is 10.6. The van der Waals surface area contributed by atoms with E-state index in [9.17, 15) is 5.26 Å². The van der Waals surface area contributed by atoms with E-state index >= 15 is 0 Å². The Hall–Kier alpha value is -3.65. The van der Waals surface area contributed by atoms with Crippen molar-refractivity contribution in [3.63, 3.8) is 0 Å². The first-order valence-corrected chi connectivity index (χ1v) is 7.48. The van der Waals surface area contributed by atoms with Gasteiger partial charge in [0.1, 0.15) is 17.5 Å². The van der Waals surface area contributed by atoms with Crippen LogP contribution in [0.2, 0.25) is 0 Å². The van der Waals surface area contributed by atoms with Gasteiger partial charge in [0, 0.05) is 11.1 Å². The first kappa shape index (κ1) is 14.0. The average molecular weight is 311 g/mol. The molecule has 0 aliphatic rings. The Bertz CT molecular complexity index is 1060. The summed E-state index contributed by atoms with van der Waals surface area (Å²) in [5.41, 5.74) is 10.4. The molecule has 0 radical (unpaired) electrons. The van der Waals surface area contributed by atoms with Crippen molar-refractivity contribution in [1.29, 1.82) is 5.26 Å². The van der Waals surface area contributed by atoms with Crippen LogP contribution < -0.4 is 5.73 Å². The fourth-order valence-corrected chi connectivity index (χ4v) is 2.74. The van der Waals surface area contributed by atoms with Crippen LogP contribution in [0.25, 0.3) is 28.0 Å². The molecule has 114 valence electrons. The predicted molar refractivity (Wildman–Crippen MR) is 93.0 cm³/mol. The standard InChI is InChI=1S/C19H13N5/c20-12-15-11-16-18(14-9-5-2-6-10-14)22-19(21)24(16)23-17(15)13-7-3-1-4-8-13/h1-11H,(H2,21,22). The number of rotatable bonds is 2. The molecule has 0 saturated heterocycles. The number of fused-ring (bicyclic) bond motifs is 1. The monoisotopic (exact) mass is 311 g/mol. The molecule has 5 heteroatoms. The zero-order valence-corrected chi connectivity index (χ0v) is 12.7. The Kier molecular flexibility index (Phi) is 3.22. The molecule has 0 atom stereocenters. The summed E-state index contributed by atoms with van der Waals surface area (Å²) in [4.78, 5) is 4.44. The van der Waals surface area contributed by atoms with Gasteiger partial charge in [0.05, 0.1) is 11.1 Å². The van der Waals surface area contributed by atoms with Gasteiger partial charge in [-0.15, -0.1) is 0 Å². The second kappa shape index (κ2) is 5.52. The van der Waals surface area contributed by atoms with E-state index in [0.29, 0.717) is 17.2 Å². The lowest BCUT2D eigenvalue weighted by atomic mass is 10.1. The molecule has 0 saturated carbocycles. The smallest absolute Gasteiger partial charge is 0.222 e. The molecule has 5 nitrogen and oxygen atoms in total. The minimum atomic E-state index is 0.297. The number of nitrogen functional groups attached to an aromatic ring is 1. The van der Waals surface area contributed by atoms with E-state index in [1.165, 1.54) is 0 Å². The zero-order chi connectivity index (χ0) is 16.5. The molecule has 0 amide bonds. The van der Waals surface area contributed by atoms with E-state index in [0.717, 1.165) is 22.3 Å². The molecule has 0 fully saturated rings.